The largest absolute Gasteiger partial charge is 0.431 e. The Kier molecular flexibility index (Phi) is 5.66. The van der Waals surface area contributed by atoms with E-state index in [1.807, 2.05) is 19.0 Å². The molecular weight excluding hydrogens is 319 g/mol. The molecule has 1 heterocycles. The van der Waals surface area contributed by atoms with Gasteiger partial charge >= 0.3 is 6.18 Å². The minimum Gasteiger partial charge on any atom is -0.352 e. The number of aromatic amines is 1. The van der Waals surface area contributed by atoms with Gasteiger partial charge in [0.15, 0.2) is 0 Å². The van der Waals surface area contributed by atoms with Crippen LogP contribution in [0.1, 0.15) is 11.3 Å². The van der Waals surface area contributed by atoms with Crippen molar-refractivity contribution < 1.29 is 18.0 Å². The molecule has 4 nitrogen and oxygen atoms in total. The molecule has 0 aliphatic heterocycles. The molecule has 24 heavy (non-hydrogen) atoms. The number of para-hydroxylation sites is 1. The topological polar surface area (TPSA) is 48.1 Å². The Labute approximate surface area is 138 Å². The van der Waals surface area contributed by atoms with Crippen LogP contribution < -0.4 is 5.32 Å². The average molecular weight is 339 g/mol. The van der Waals surface area contributed by atoms with Crippen molar-refractivity contribution in [2.24, 2.45) is 0 Å². The first kappa shape index (κ1) is 18.1. The molecule has 2 aromatic rings. The molecule has 1 amide bonds. The van der Waals surface area contributed by atoms with E-state index in [1.54, 1.807) is 30.3 Å². The first-order valence-electron chi connectivity index (χ1n) is 7.55. The van der Waals surface area contributed by atoms with Crippen LogP contribution in [0.5, 0.6) is 0 Å². The fourth-order valence-electron chi connectivity index (χ4n) is 2.44. The van der Waals surface area contributed by atoms with Gasteiger partial charge in [-0.1, -0.05) is 24.3 Å². The molecule has 0 saturated carbocycles. The fraction of sp³-hybridized carbons (Fsp3) is 0.353. The van der Waals surface area contributed by atoms with Gasteiger partial charge in [0, 0.05) is 30.1 Å². The Morgan fingerprint density at radius 1 is 1.29 bits per heavy atom. The van der Waals surface area contributed by atoms with Crippen LogP contribution in [0.15, 0.2) is 36.4 Å². The summed E-state index contributed by atoms with van der Waals surface area (Å²) >= 11 is 0. The number of carbonyl (C=O) groups is 1. The van der Waals surface area contributed by atoms with E-state index in [2.05, 4.69) is 10.3 Å². The third-order valence-corrected chi connectivity index (χ3v) is 3.51. The van der Waals surface area contributed by atoms with Crippen molar-refractivity contribution in [2.75, 3.05) is 27.2 Å². The molecule has 0 fully saturated rings. The smallest absolute Gasteiger partial charge is 0.352 e. The predicted octanol–water partition coefficient (Wildman–Crippen LogP) is 2.96. The highest BCUT2D eigenvalue weighted by molar-refractivity contribution is 5.88. The van der Waals surface area contributed by atoms with E-state index >= 15 is 0 Å². The summed E-state index contributed by atoms with van der Waals surface area (Å²) in [4.78, 5) is 16.0. The Balaban J connectivity index is 2.07. The standard InChI is InChI=1S/C17H20F3N3O/c1-23(2)11-5-8-15(24)21-10-9-13-12-6-3-4-7-14(12)22-16(13)17(18,19)20/h3-8,22H,9-11H2,1-2H3,(H,21,24)/b8-5+. The summed E-state index contributed by atoms with van der Waals surface area (Å²) in [5.74, 6) is -0.315. The van der Waals surface area contributed by atoms with E-state index in [1.165, 1.54) is 6.08 Å². The van der Waals surface area contributed by atoms with Crippen molar-refractivity contribution in [1.29, 1.82) is 0 Å². The normalized spacial score (nSPS) is 12.4. The monoisotopic (exact) mass is 339 g/mol. The summed E-state index contributed by atoms with van der Waals surface area (Å²) in [6.45, 7) is 0.754. The van der Waals surface area contributed by atoms with Gasteiger partial charge in [-0.05, 0) is 32.1 Å². The number of halogens is 3. The molecule has 0 radical (unpaired) electrons. The fourth-order valence-corrected chi connectivity index (χ4v) is 2.44. The maximum absolute atomic E-state index is 13.2. The number of hydrogen-bond acceptors (Lipinski definition) is 2. The van der Waals surface area contributed by atoms with Crippen molar-refractivity contribution in [3.05, 3.63) is 47.7 Å². The number of rotatable bonds is 6. The Morgan fingerprint density at radius 3 is 2.67 bits per heavy atom. The van der Waals surface area contributed by atoms with Gasteiger partial charge in [-0.25, -0.2) is 0 Å². The molecule has 0 aliphatic carbocycles. The number of benzene rings is 1. The zero-order valence-corrected chi connectivity index (χ0v) is 13.6. The molecule has 7 heteroatoms. The Morgan fingerprint density at radius 2 is 2.00 bits per heavy atom. The quantitative estimate of drug-likeness (QED) is 0.795. The molecule has 2 N–H and O–H groups in total. The zero-order valence-electron chi connectivity index (χ0n) is 13.6. The lowest BCUT2D eigenvalue weighted by Gasteiger charge is -2.09. The minimum absolute atomic E-state index is 0.103. The second kappa shape index (κ2) is 7.53. The molecule has 0 unspecified atom stereocenters. The first-order chi connectivity index (χ1) is 11.3. The van der Waals surface area contributed by atoms with Gasteiger partial charge < -0.3 is 15.2 Å². The van der Waals surface area contributed by atoms with Crippen molar-refractivity contribution >= 4 is 16.8 Å². The highest BCUT2D eigenvalue weighted by atomic mass is 19.4. The number of H-pyrrole nitrogens is 1. The van der Waals surface area contributed by atoms with Crippen LogP contribution in [-0.4, -0.2) is 43.0 Å². The number of likely N-dealkylation sites (N-methyl/N-ethyl adjacent to an activating group) is 1. The number of carbonyl (C=O) groups excluding carboxylic acids is 1. The zero-order chi connectivity index (χ0) is 17.7. The predicted molar refractivity (Wildman–Crippen MR) is 87.7 cm³/mol. The second-order valence-corrected chi connectivity index (χ2v) is 5.73. The van der Waals surface area contributed by atoms with Crippen LogP contribution in [-0.2, 0) is 17.4 Å². The summed E-state index contributed by atoms with van der Waals surface area (Å²) in [5.41, 5.74) is -0.131. The van der Waals surface area contributed by atoms with Crippen LogP contribution in [0.3, 0.4) is 0 Å². The second-order valence-electron chi connectivity index (χ2n) is 5.73. The average Bonchev–Trinajstić information content (AvgIpc) is 2.86. The Hall–Kier alpha value is -2.28. The maximum atomic E-state index is 13.2. The number of amides is 1. The lowest BCUT2D eigenvalue weighted by Crippen LogP contribution is -2.24. The van der Waals surface area contributed by atoms with Gasteiger partial charge in [0.1, 0.15) is 5.69 Å². The molecule has 0 bridgehead atoms. The number of hydrogen-bond donors (Lipinski definition) is 2. The number of nitrogens with one attached hydrogen (secondary N) is 2. The van der Waals surface area contributed by atoms with Gasteiger partial charge in [0.2, 0.25) is 5.91 Å². The van der Waals surface area contributed by atoms with E-state index in [4.69, 9.17) is 0 Å². The summed E-state index contributed by atoms with van der Waals surface area (Å²) in [5, 5.41) is 3.14. The van der Waals surface area contributed by atoms with Gasteiger partial charge in [-0.15, -0.1) is 0 Å². The third-order valence-electron chi connectivity index (χ3n) is 3.51. The summed E-state index contributed by atoms with van der Waals surface area (Å²) in [6.07, 6.45) is -1.27. The third kappa shape index (κ3) is 4.61. The summed E-state index contributed by atoms with van der Waals surface area (Å²) in [6, 6.07) is 6.63. The first-order valence-corrected chi connectivity index (χ1v) is 7.55. The maximum Gasteiger partial charge on any atom is 0.431 e. The number of alkyl halides is 3. The SMILES string of the molecule is CN(C)C/C=C/C(=O)NCCc1c(C(F)(F)F)[nH]c2ccccc12. The van der Waals surface area contributed by atoms with E-state index in [9.17, 15) is 18.0 Å². The van der Waals surface area contributed by atoms with E-state index in [0.29, 0.717) is 17.4 Å². The number of aromatic nitrogens is 1. The van der Waals surface area contributed by atoms with Gasteiger partial charge in [-0.3, -0.25) is 4.79 Å². The molecule has 2 rings (SSSR count). The molecule has 0 saturated heterocycles. The lowest BCUT2D eigenvalue weighted by molar-refractivity contribution is -0.141. The summed E-state index contributed by atoms with van der Waals surface area (Å²) < 4.78 is 39.5. The molecule has 0 atom stereocenters. The van der Waals surface area contributed by atoms with Gasteiger partial charge in [0.05, 0.1) is 0 Å². The van der Waals surface area contributed by atoms with Crippen molar-refractivity contribution in [3.8, 4) is 0 Å². The lowest BCUT2D eigenvalue weighted by atomic mass is 10.1. The molecule has 0 spiro atoms. The molecular formula is C17H20F3N3O. The number of fused-ring (bicyclic) bond motifs is 1. The minimum atomic E-state index is -4.45. The highest BCUT2D eigenvalue weighted by Crippen LogP contribution is 2.35. The highest BCUT2D eigenvalue weighted by Gasteiger charge is 2.36. The van der Waals surface area contributed by atoms with Crippen LogP contribution in [0.4, 0.5) is 13.2 Å². The van der Waals surface area contributed by atoms with Gasteiger partial charge in [-0.2, -0.15) is 13.2 Å². The van der Waals surface area contributed by atoms with Crippen LogP contribution in [0, 0.1) is 0 Å². The molecule has 130 valence electrons. The summed E-state index contributed by atoms with van der Waals surface area (Å²) in [7, 11) is 3.75. The molecule has 1 aromatic carbocycles. The molecule has 1 aromatic heterocycles. The van der Waals surface area contributed by atoms with Crippen molar-refractivity contribution in [3.63, 3.8) is 0 Å². The van der Waals surface area contributed by atoms with Crippen molar-refractivity contribution in [2.45, 2.75) is 12.6 Å². The number of nitrogens with zero attached hydrogens (tertiary/aromatic N) is 1. The van der Waals surface area contributed by atoms with E-state index < -0.39 is 11.9 Å². The molecule has 0 aliphatic rings. The van der Waals surface area contributed by atoms with Crippen LogP contribution in [0.25, 0.3) is 10.9 Å². The van der Waals surface area contributed by atoms with Crippen LogP contribution >= 0.6 is 0 Å². The van der Waals surface area contributed by atoms with Crippen molar-refractivity contribution in [1.82, 2.24) is 15.2 Å². The van der Waals surface area contributed by atoms with E-state index in [-0.39, 0.29) is 24.4 Å². The van der Waals surface area contributed by atoms with Gasteiger partial charge in [0.25, 0.3) is 0 Å². The van der Waals surface area contributed by atoms with Crippen LogP contribution in [0.2, 0.25) is 0 Å². The Bertz CT molecular complexity index is 732. The van der Waals surface area contributed by atoms with E-state index in [0.717, 1.165) is 0 Å².